The minimum atomic E-state index is -0.279. The maximum atomic E-state index is 12.2. The fourth-order valence-electron chi connectivity index (χ4n) is 1.90. The number of rotatable bonds is 4. The molecule has 0 spiro atoms. The molecule has 1 aromatic rings. The van der Waals surface area contributed by atoms with Crippen molar-refractivity contribution in [2.75, 3.05) is 18.1 Å². The Bertz CT molecular complexity index is 419. The summed E-state index contributed by atoms with van der Waals surface area (Å²) in [6.45, 7) is 0.671. The van der Waals surface area contributed by atoms with E-state index in [9.17, 15) is 4.79 Å². The molecular formula is C14H16O3S. The topological polar surface area (TPSA) is 35.5 Å². The van der Waals surface area contributed by atoms with Crippen molar-refractivity contribution in [3.8, 4) is 5.75 Å². The van der Waals surface area contributed by atoms with Crippen molar-refractivity contribution in [2.24, 2.45) is 0 Å². The first-order chi connectivity index (χ1) is 8.83. The number of ketones is 1. The summed E-state index contributed by atoms with van der Waals surface area (Å²) in [4.78, 5) is 12.2. The fourth-order valence-corrected chi connectivity index (χ4v) is 2.74. The molecule has 0 N–H and O–H groups in total. The van der Waals surface area contributed by atoms with Gasteiger partial charge in [-0.1, -0.05) is 0 Å². The van der Waals surface area contributed by atoms with Crippen molar-refractivity contribution in [3.63, 3.8) is 0 Å². The summed E-state index contributed by atoms with van der Waals surface area (Å²) < 4.78 is 11.2. The van der Waals surface area contributed by atoms with E-state index in [0.29, 0.717) is 18.3 Å². The number of hydrogen-bond donors (Lipinski definition) is 0. The summed E-state index contributed by atoms with van der Waals surface area (Å²) in [7, 11) is 0. The first-order valence-electron chi connectivity index (χ1n) is 6.33. The number of ether oxygens (including phenoxy) is 2. The molecule has 1 atom stereocenters. The maximum Gasteiger partial charge on any atom is 0.192 e. The van der Waals surface area contributed by atoms with E-state index in [0.717, 1.165) is 30.1 Å². The molecule has 0 radical (unpaired) electrons. The van der Waals surface area contributed by atoms with Crippen LogP contribution in [0.25, 0.3) is 0 Å². The minimum Gasteiger partial charge on any atom is -0.490 e. The highest BCUT2D eigenvalue weighted by atomic mass is 32.2. The molecule has 1 aromatic carbocycles. The molecule has 1 saturated heterocycles. The van der Waals surface area contributed by atoms with Crippen molar-refractivity contribution in [2.45, 2.75) is 25.0 Å². The molecule has 0 amide bonds. The lowest BCUT2D eigenvalue weighted by atomic mass is 10.1. The predicted octanol–water partition coefficient (Wildman–Crippen LogP) is 2.54. The first-order valence-corrected chi connectivity index (χ1v) is 7.49. The largest absolute Gasteiger partial charge is 0.490 e. The zero-order valence-corrected chi connectivity index (χ0v) is 10.9. The molecular weight excluding hydrogens is 248 g/mol. The van der Waals surface area contributed by atoms with Gasteiger partial charge in [0, 0.05) is 17.1 Å². The lowest BCUT2D eigenvalue weighted by molar-refractivity contribution is 0.0519. The Kier molecular flexibility index (Phi) is 3.57. The molecule has 1 unspecified atom stereocenters. The predicted molar refractivity (Wildman–Crippen MR) is 71.5 cm³/mol. The molecule has 2 aliphatic rings. The molecule has 0 bridgehead atoms. The van der Waals surface area contributed by atoms with E-state index in [1.807, 2.05) is 24.3 Å². The highest BCUT2D eigenvalue weighted by Gasteiger charge is 2.25. The number of thioether (sulfide) groups is 1. The fraction of sp³-hybridized carbons (Fsp3) is 0.500. The molecule has 1 aliphatic carbocycles. The zero-order chi connectivity index (χ0) is 12.4. The Balaban J connectivity index is 1.65. The van der Waals surface area contributed by atoms with Gasteiger partial charge < -0.3 is 9.47 Å². The lowest BCUT2D eigenvalue weighted by Crippen LogP contribution is -2.31. The quantitative estimate of drug-likeness (QED) is 0.783. The Morgan fingerprint density at radius 1 is 1.28 bits per heavy atom. The van der Waals surface area contributed by atoms with Gasteiger partial charge in [0.1, 0.15) is 11.9 Å². The Morgan fingerprint density at radius 3 is 2.67 bits per heavy atom. The maximum absolute atomic E-state index is 12.2. The van der Waals surface area contributed by atoms with Crippen LogP contribution in [0.4, 0.5) is 0 Å². The average molecular weight is 264 g/mol. The van der Waals surface area contributed by atoms with E-state index >= 15 is 0 Å². The molecule has 96 valence electrons. The van der Waals surface area contributed by atoms with Crippen LogP contribution in [0, 0.1) is 0 Å². The Hall–Kier alpha value is -1.00. The molecule has 2 fully saturated rings. The van der Waals surface area contributed by atoms with Gasteiger partial charge in [0.05, 0.1) is 12.7 Å². The van der Waals surface area contributed by atoms with E-state index in [4.69, 9.17) is 9.47 Å². The van der Waals surface area contributed by atoms with Crippen molar-refractivity contribution in [1.82, 2.24) is 0 Å². The molecule has 1 aliphatic heterocycles. The summed E-state index contributed by atoms with van der Waals surface area (Å²) in [6, 6.07) is 7.43. The van der Waals surface area contributed by atoms with E-state index in [1.165, 1.54) is 0 Å². The third-order valence-electron chi connectivity index (χ3n) is 3.07. The summed E-state index contributed by atoms with van der Waals surface area (Å²) in [5, 5.41) is 0. The van der Waals surface area contributed by atoms with E-state index in [2.05, 4.69) is 0 Å². The summed E-state index contributed by atoms with van der Waals surface area (Å²) in [5.74, 6) is 2.69. The SMILES string of the molecule is O=C(c1ccc(OC2CC2)cc1)C1CSCCO1. The van der Waals surface area contributed by atoms with E-state index in [-0.39, 0.29) is 11.9 Å². The number of carbonyl (C=O) groups is 1. The summed E-state index contributed by atoms with van der Waals surface area (Å²) >= 11 is 1.78. The van der Waals surface area contributed by atoms with Gasteiger partial charge in [0.2, 0.25) is 0 Å². The minimum absolute atomic E-state index is 0.0835. The third-order valence-corrected chi connectivity index (χ3v) is 4.07. The second-order valence-electron chi connectivity index (χ2n) is 4.64. The molecule has 3 nitrogen and oxygen atoms in total. The Morgan fingerprint density at radius 2 is 2.06 bits per heavy atom. The highest BCUT2D eigenvalue weighted by molar-refractivity contribution is 7.99. The normalized spacial score (nSPS) is 23.7. The van der Waals surface area contributed by atoms with Crippen molar-refractivity contribution >= 4 is 17.5 Å². The van der Waals surface area contributed by atoms with Gasteiger partial charge in [0.25, 0.3) is 0 Å². The first kappa shape index (κ1) is 12.1. The van der Waals surface area contributed by atoms with Crippen LogP contribution < -0.4 is 4.74 Å². The number of carbonyl (C=O) groups excluding carboxylic acids is 1. The van der Waals surface area contributed by atoms with Gasteiger partial charge in [0.15, 0.2) is 5.78 Å². The monoisotopic (exact) mass is 264 g/mol. The number of Topliss-reactive ketones (excluding diaryl/α,β-unsaturated/α-hetero) is 1. The van der Waals surface area contributed by atoms with Crippen LogP contribution in [-0.2, 0) is 4.74 Å². The van der Waals surface area contributed by atoms with E-state index < -0.39 is 0 Å². The van der Waals surface area contributed by atoms with E-state index in [1.54, 1.807) is 11.8 Å². The highest BCUT2D eigenvalue weighted by Crippen LogP contribution is 2.27. The van der Waals surface area contributed by atoms with Gasteiger partial charge in [-0.3, -0.25) is 4.79 Å². The van der Waals surface area contributed by atoms with Crippen LogP contribution in [0.2, 0.25) is 0 Å². The van der Waals surface area contributed by atoms with Crippen LogP contribution in [-0.4, -0.2) is 36.1 Å². The molecule has 18 heavy (non-hydrogen) atoms. The van der Waals surface area contributed by atoms with Gasteiger partial charge in [-0.15, -0.1) is 0 Å². The third kappa shape index (κ3) is 2.87. The lowest BCUT2D eigenvalue weighted by Gasteiger charge is -2.21. The molecule has 3 rings (SSSR count). The van der Waals surface area contributed by atoms with Crippen LogP contribution >= 0.6 is 11.8 Å². The summed E-state index contributed by atoms with van der Waals surface area (Å²) in [6.07, 6.45) is 2.41. The zero-order valence-electron chi connectivity index (χ0n) is 10.1. The molecule has 4 heteroatoms. The van der Waals surface area contributed by atoms with Crippen molar-refractivity contribution in [1.29, 1.82) is 0 Å². The van der Waals surface area contributed by atoms with Crippen molar-refractivity contribution < 1.29 is 14.3 Å². The standard InChI is InChI=1S/C14H16O3S/c15-14(13-9-18-8-7-16-13)10-1-3-11(4-2-10)17-12-5-6-12/h1-4,12-13H,5-9H2. The van der Waals surface area contributed by atoms with Crippen LogP contribution in [0.15, 0.2) is 24.3 Å². The molecule has 1 heterocycles. The average Bonchev–Trinajstić information content (AvgIpc) is 3.24. The van der Waals surface area contributed by atoms with Crippen LogP contribution in [0.1, 0.15) is 23.2 Å². The second kappa shape index (κ2) is 5.33. The number of hydrogen-bond acceptors (Lipinski definition) is 4. The van der Waals surface area contributed by atoms with Crippen LogP contribution in [0.3, 0.4) is 0 Å². The molecule has 0 aromatic heterocycles. The summed E-state index contributed by atoms with van der Waals surface area (Å²) in [5.41, 5.74) is 0.714. The van der Waals surface area contributed by atoms with Gasteiger partial charge in [-0.25, -0.2) is 0 Å². The van der Waals surface area contributed by atoms with Gasteiger partial charge in [-0.05, 0) is 37.1 Å². The molecule has 1 saturated carbocycles. The second-order valence-corrected chi connectivity index (χ2v) is 5.79. The van der Waals surface area contributed by atoms with Crippen molar-refractivity contribution in [3.05, 3.63) is 29.8 Å². The smallest absolute Gasteiger partial charge is 0.192 e. The Labute approximate surface area is 111 Å². The number of benzene rings is 1. The van der Waals surface area contributed by atoms with Crippen LogP contribution in [0.5, 0.6) is 5.75 Å². The van der Waals surface area contributed by atoms with Gasteiger partial charge in [-0.2, -0.15) is 11.8 Å². The van der Waals surface area contributed by atoms with Gasteiger partial charge >= 0.3 is 0 Å².